The summed E-state index contributed by atoms with van der Waals surface area (Å²) in [6.45, 7) is 3.97. The van der Waals surface area contributed by atoms with Gasteiger partial charge in [-0.3, -0.25) is 14.6 Å². The minimum Gasteiger partial charge on any atom is -0.352 e. The van der Waals surface area contributed by atoms with Gasteiger partial charge in [0.2, 0.25) is 5.91 Å². The lowest BCUT2D eigenvalue weighted by Gasteiger charge is -2.11. The first-order valence-corrected chi connectivity index (χ1v) is 7.31. The van der Waals surface area contributed by atoms with Crippen molar-refractivity contribution in [1.29, 1.82) is 5.26 Å². The van der Waals surface area contributed by atoms with Crippen LogP contribution in [0.2, 0.25) is 0 Å². The Kier molecular flexibility index (Phi) is 5.26. The van der Waals surface area contributed by atoms with Crippen molar-refractivity contribution in [2.45, 2.75) is 33.2 Å². The average Bonchev–Trinajstić information content (AvgIpc) is 2.53. The minimum absolute atomic E-state index is 0.0784. The molecular formula is C17H18N4O2. The third-order valence-corrected chi connectivity index (χ3v) is 3.76. The number of nitrogens with zero attached hydrogens (tertiary/aromatic N) is 2. The maximum absolute atomic E-state index is 12.0. The van der Waals surface area contributed by atoms with Crippen LogP contribution >= 0.6 is 0 Å². The highest BCUT2D eigenvalue weighted by Crippen LogP contribution is 2.14. The van der Waals surface area contributed by atoms with E-state index < -0.39 is 0 Å². The molecule has 0 unspecified atom stereocenters. The van der Waals surface area contributed by atoms with E-state index in [9.17, 15) is 9.59 Å². The maximum atomic E-state index is 12.0. The van der Waals surface area contributed by atoms with E-state index in [1.165, 1.54) is 0 Å². The first kappa shape index (κ1) is 16.4. The van der Waals surface area contributed by atoms with Crippen molar-refractivity contribution in [2.75, 3.05) is 0 Å². The van der Waals surface area contributed by atoms with Crippen LogP contribution in [0.1, 0.15) is 34.4 Å². The summed E-state index contributed by atoms with van der Waals surface area (Å²) >= 11 is 0. The van der Waals surface area contributed by atoms with Crippen molar-refractivity contribution in [3.63, 3.8) is 0 Å². The van der Waals surface area contributed by atoms with Crippen molar-refractivity contribution in [3.05, 3.63) is 62.8 Å². The largest absolute Gasteiger partial charge is 0.352 e. The highest BCUT2D eigenvalue weighted by atomic mass is 16.1. The lowest BCUT2D eigenvalue weighted by atomic mass is 9.99. The maximum Gasteiger partial charge on any atom is 0.266 e. The Balaban J connectivity index is 2.00. The van der Waals surface area contributed by atoms with Crippen LogP contribution in [0.4, 0.5) is 0 Å². The van der Waals surface area contributed by atoms with E-state index >= 15 is 0 Å². The van der Waals surface area contributed by atoms with Gasteiger partial charge in [0.15, 0.2) is 0 Å². The van der Waals surface area contributed by atoms with E-state index in [1.807, 2.05) is 18.2 Å². The van der Waals surface area contributed by atoms with Crippen molar-refractivity contribution in [1.82, 2.24) is 15.3 Å². The van der Waals surface area contributed by atoms with Crippen LogP contribution < -0.4 is 10.9 Å². The predicted molar refractivity (Wildman–Crippen MR) is 85.7 cm³/mol. The van der Waals surface area contributed by atoms with Crippen LogP contribution in [0.5, 0.6) is 0 Å². The molecule has 0 bridgehead atoms. The van der Waals surface area contributed by atoms with Gasteiger partial charge in [0.25, 0.3) is 5.56 Å². The summed E-state index contributed by atoms with van der Waals surface area (Å²) < 4.78 is 0. The molecule has 2 heterocycles. The lowest BCUT2D eigenvalue weighted by Crippen LogP contribution is -2.24. The number of carbonyl (C=O) groups is 1. The molecule has 0 aliphatic carbocycles. The van der Waals surface area contributed by atoms with Crippen molar-refractivity contribution >= 4 is 5.91 Å². The Morgan fingerprint density at radius 1 is 1.35 bits per heavy atom. The van der Waals surface area contributed by atoms with Gasteiger partial charge in [-0.15, -0.1) is 0 Å². The Morgan fingerprint density at radius 3 is 2.70 bits per heavy atom. The average molecular weight is 310 g/mol. The number of nitrogens with one attached hydrogen (secondary N) is 2. The molecule has 0 fully saturated rings. The number of nitriles is 1. The van der Waals surface area contributed by atoms with Gasteiger partial charge in [-0.2, -0.15) is 5.26 Å². The Bertz CT molecular complexity index is 804. The summed E-state index contributed by atoms with van der Waals surface area (Å²) in [7, 11) is 0. The molecule has 0 aliphatic heterocycles. The van der Waals surface area contributed by atoms with Crippen molar-refractivity contribution in [3.8, 4) is 6.07 Å². The molecule has 2 aromatic heterocycles. The summed E-state index contributed by atoms with van der Waals surface area (Å²) in [5.41, 5.74) is 2.91. The molecule has 0 aromatic carbocycles. The molecule has 0 saturated carbocycles. The quantitative estimate of drug-likeness (QED) is 0.874. The zero-order chi connectivity index (χ0) is 16.8. The van der Waals surface area contributed by atoms with E-state index in [1.54, 1.807) is 26.2 Å². The molecule has 0 aliphatic rings. The van der Waals surface area contributed by atoms with Crippen LogP contribution in [0.15, 0.2) is 29.3 Å². The normalized spacial score (nSPS) is 10.1. The molecule has 1 amide bonds. The Labute approximate surface area is 134 Å². The number of amides is 1. The van der Waals surface area contributed by atoms with Gasteiger partial charge in [0, 0.05) is 31.1 Å². The van der Waals surface area contributed by atoms with E-state index in [0.717, 1.165) is 11.1 Å². The Morgan fingerprint density at radius 2 is 2.04 bits per heavy atom. The van der Waals surface area contributed by atoms with Gasteiger partial charge in [0.1, 0.15) is 11.6 Å². The number of hydrogen-bond donors (Lipinski definition) is 2. The number of pyridine rings is 2. The zero-order valence-corrected chi connectivity index (χ0v) is 13.1. The molecule has 23 heavy (non-hydrogen) atoms. The third kappa shape index (κ3) is 4.04. The highest BCUT2D eigenvalue weighted by molar-refractivity contribution is 5.76. The molecule has 0 saturated heterocycles. The topological polar surface area (TPSA) is 98.6 Å². The highest BCUT2D eigenvalue weighted by Gasteiger charge is 2.13. The fourth-order valence-corrected chi connectivity index (χ4v) is 2.45. The number of H-pyrrole nitrogens is 1. The van der Waals surface area contributed by atoms with Crippen LogP contribution in [-0.2, 0) is 17.8 Å². The van der Waals surface area contributed by atoms with Crippen molar-refractivity contribution < 1.29 is 4.79 Å². The fraction of sp³-hybridized carbons (Fsp3) is 0.294. The Hall–Kier alpha value is -2.94. The van der Waals surface area contributed by atoms with Gasteiger partial charge in [-0.25, -0.2) is 0 Å². The number of rotatable bonds is 5. The van der Waals surface area contributed by atoms with Crippen molar-refractivity contribution in [2.24, 2.45) is 0 Å². The van der Waals surface area contributed by atoms with Crippen LogP contribution in [0.25, 0.3) is 0 Å². The molecule has 0 spiro atoms. The molecule has 2 N–H and O–H groups in total. The molecule has 118 valence electrons. The second-order valence-electron chi connectivity index (χ2n) is 5.30. The summed E-state index contributed by atoms with van der Waals surface area (Å²) in [5, 5.41) is 11.9. The fourth-order valence-electron chi connectivity index (χ4n) is 2.45. The van der Waals surface area contributed by atoms with E-state index in [-0.39, 0.29) is 17.0 Å². The minimum atomic E-state index is -0.381. The molecule has 2 aromatic rings. The second-order valence-corrected chi connectivity index (χ2v) is 5.30. The molecule has 2 rings (SSSR count). The predicted octanol–water partition coefficient (Wildman–Crippen LogP) is 1.51. The molecular weight excluding hydrogens is 292 g/mol. The zero-order valence-electron chi connectivity index (χ0n) is 13.1. The van der Waals surface area contributed by atoms with Crippen LogP contribution in [-0.4, -0.2) is 15.9 Å². The number of hydrogen-bond acceptors (Lipinski definition) is 4. The number of aromatic amines is 1. The standard InChI is InChI=1S/C17H18N4O2/c1-11-14(12(2)21-17(23)15(11)9-18)3-4-16(22)20-10-13-5-7-19-8-6-13/h5-8H,3-4,10H2,1-2H3,(H,20,22)(H,21,23). The monoisotopic (exact) mass is 310 g/mol. The van der Waals surface area contributed by atoms with Crippen LogP contribution in [0, 0.1) is 25.2 Å². The van der Waals surface area contributed by atoms with E-state index in [4.69, 9.17) is 5.26 Å². The molecule has 6 nitrogen and oxygen atoms in total. The second kappa shape index (κ2) is 7.36. The number of aryl methyl sites for hydroxylation is 1. The smallest absolute Gasteiger partial charge is 0.266 e. The molecule has 6 heteroatoms. The van der Waals surface area contributed by atoms with Gasteiger partial charge in [0.05, 0.1) is 0 Å². The SMILES string of the molecule is Cc1[nH]c(=O)c(C#N)c(C)c1CCC(=O)NCc1ccncc1. The lowest BCUT2D eigenvalue weighted by molar-refractivity contribution is -0.121. The van der Waals surface area contributed by atoms with Gasteiger partial charge < -0.3 is 10.3 Å². The molecule has 0 radical (unpaired) electrons. The summed E-state index contributed by atoms with van der Waals surface area (Å²) in [5.74, 6) is -0.0784. The number of carbonyl (C=O) groups excluding carboxylic acids is 1. The van der Waals surface area contributed by atoms with E-state index in [0.29, 0.717) is 30.6 Å². The number of aromatic nitrogens is 2. The van der Waals surface area contributed by atoms with Gasteiger partial charge in [-0.1, -0.05) is 0 Å². The van der Waals surface area contributed by atoms with Crippen LogP contribution in [0.3, 0.4) is 0 Å². The summed E-state index contributed by atoms with van der Waals surface area (Å²) in [6.07, 6.45) is 4.13. The summed E-state index contributed by atoms with van der Waals surface area (Å²) in [4.78, 5) is 30.2. The van der Waals surface area contributed by atoms with Gasteiger partial charge in [-0.05, 0) is 49.1 Å². The van der Waals surface area contributed by atoms with Gasteiger partial charge >= 0.3 is 0 Å². The first-order chi connectivity index (χ1) is 11.0. The molecule has 0 atom stereocenters. The third-order valence-electron chi connectivity index (χ3n) is 3.76. The van der Waals surface area contributed by atoms with E-state index in [2.05, 4.69) is 15.3 Å². The first-order valence-electron chi connectivity index (χ1n) is 7.31. The summed E-state index contributed by atoms with van der Waals surface area (Å²) in [6, 6.07) is 5.60.